The molecule has 138 valence electrons. The van der Waals surface area contributed by atoms with Crippen molar-refractivity contribution in [2.45, 2.75) is 26.2 Å². The molecule has 2 aromatic carbocycles. The summed E-state index contributed by atoms with van der Waals surface area (Å²) < 4.78 is 0. The van der Waals surface area contributed by atoms with Crippen molar-refractivity contribution in [2.75, 3.05) is 0 Å². The molecule has 2 aliphatic rings. The van der Waals surface area contributed by atoms with Gasteiger partial charge in [0, 0.05) is 11.1 Å². The van der Waals surface area contributed by atoms with E-state index in [1.54, 1.807) is 0 Å². The molecule has 0 bridgehead atoms. The van der Waals surface area contributed by atoms with Crippen molar-refractivity contribution in [3.05, 3.63) is 108 Å². The molecular weight excluding hydrogens is 340 g/mol. The molecule has 2 aromatic rings. The third-order valence-corrected chi connectivity index (χ3v) is 5.25. The smallest absolute Gasteiger partial charge is 0.193 e. The predicted molar refractivity (Wildman–Crippen MR) is 117 cm³/mol. The summed E-state index contributed by atoms with van der Waals surface area (Å²) in [5.41, 5.74) is 7.23. The Morgan fingerprint density at radius 2 is 1.21 bits per heavy atom. The summed E-state index contributed by atoms with van der Waals surface area (Å²) in [5.74, 6) is 0.0642. The second-order valence-electron chi connectivity index (χ2n) is 8.23. The van der Waals surface area contributed by atoms with Gasteiger partial charge in [0.15, 0.2) is 5.78 Å². The normalized spacial score (nSPS) is 11.5. The van der Waals surface area contributed by atoms with Crippen molar-refractivity contribution in [1.29, 1.82) is 0 Å². The van der Waals surface area contributed by atoms with E-state index in [0.29, 0.717) is 0 Å². The highest BCUT2D eigenvalue weighted by molar-refractivity contribution is 6.15. The molecule has 0 atom stereocenters. The Morgan fingerprint density at radius 1 is 0.643 bits per heavy atom. The van der Waals surface area contributed by atoms with Gasteiger partial charge in [-0.05, 0) is 39.3 Å². The molecule has 0 saturated carbocycles. The highest BCUT2D eigenvalue weighted by atomic mass is 16.1. The zero-order valence-electron chi connectivity index (χ0n) is 16.6. The monoisotopic (exact) mass is 364 g/mol. The van der Waals surface area contributed by atoms with Gasteiger partial charge in [-0.25, -0.2) is 0 Å². The maximum atomic E-state index is 13.2. The molecule has 0 aliphatic heterocycles. The number of hydrogen-bond donors (Lipinski definition) is 0. The Hall–Kier alpha value is -3.19. The van der Waals surface area contributed by atoms with E-state index >= 15 is 0 Å². The number of carbonyl (C=O) groups is 1. The summed E-state index contributed by atoms with van der Waals surface area (Å²) in [6.07, 6.45) is 0. The minimum atomic E-state index is 0.0642. The minimum Gasteiger partial charge on any atom is -0.289 e. The maximum Gasteiger partial charge on any atom is 0.193 e. The molecule has 0 saturated heterocycles. The number of hydrogen-bond acceptors (Lipinski definition) is 1. The van der Waals surface area contributed by atoms with Gasteiger partial charge in [-0.3, -0.25) is 4.79 Å². The minimum absolute atomic E-state index is 0.0642. The van der Waals surface area contributed by atoms with Crippen molar-refractivity contribution in [1.82, 2.24) is 0 Å². The van der Waals surface area contributed by atoms with Crippen LogP contribution in [-0.4, -0.2) is 5.78 Å². The fourth-order valence-electron chi connectivity index (χ4n) is 3.64. The van der Waals surface area contributed by atoms with Crippen molar-refractivity contribution in [3.63, 3.8) is 0 Å². The summed E-state index contributed by atoms with van der Waals surface area (Å²) in [7, 11) is 0. The Bertz CT molecular complexity index is 1080. The SMILES string of the molecule is CC(C)(C)c1ccc(-c2cc(C(=O)c3ccccc3)c3cccccc2-3)cc1. The average molecular weight is 364 g/mol. The third-order valence-electron chi connectivity index (χ3n) is 5.25. The maximum absolute atomic E-state index is 13.2. The van der Waals surface area contributed by atoms with Crippen molar-refractivity contribution in [3.8, 4) is 22.3 Å². The van der Waals surface area contributed by atoms with Crippen molar-refractivity contribution in [2.24, 2.45) is 0 Å². The zero-order valence-corrected chi connectivity index (χ0v) is 16.6. The second kappa shape index (κ2) is 7.09. The molecule has 0 spiro atoms. The molecule has 0 heterocycles. The number of carbonyl (C=O) groups excluding carboxylic acids is 1. The molecule has 0 radical (unpaired) electrons. The second-order valence-corrected chi connectivity index (χ2v) is 8.23. The van der Waals surface area contributed by atoms with Gasteiger partial charge in [0.1, 0.15) is 0 Å². The molecule has 4 rings (SSSR count). The van der Waals surface area contributed by atoms with Crippen LogP contribution in [0.15, 0.2) is 91.0 Å². The molecule has 0 aromatic heterocycles. The summed E-state index contributed by atoms with van der Waals surface area (Å²) in [4.78, 5) is 13.2. The lowest BCUT2D eigenvalue weighted by Gasteiger charge is -2.19. The number of benzene rings is 2. The van der Waals surface area contributed by atoms with Crippen molar-refractivity contribution >= 4 is 5.78 Å². The van der Waals surface area contributed by atoms with Crippen LogP contribution in [0.1, 0.15) is 42.3 Å². The van der Waals surface area contributed by atoms with E-state index in [1.165, 1.54) is 5.56 Å². The van der Waals surface area contributed by atoms with Crippen LogP contribution in [0, 0.1) is 0 Å². The average Bonchev–Trinajstić information content (AvgIpc) is 2.88. The van der Waals surface area contributed by atoms with E-state index < -0.39 is 0 Å². The number of fused-ring (bicyclic) bond motifs is 1. The third kappa shape index (κ3) is 3.36. The van der Waals surface area contributed by atoms with Crippen LogP contribution in [0.5, 0.6) is 0 Å². The van der Waals surface area contributed by atoms with Crippen molar-refractivity contribution < 1.29 is 4.79 Å². The summed E-state index contributed by atoms with van der Waals surface area (Å²) in [6.45, 7) is 6.66. The number of rotatable bonds is 3. The Labute approximate surface area is 167 Å². The first kappa shape index (κ1) is 18.2. The van der Waals surface area contributed by atoms with E-state index in [-0.39, 0.29) is 11.2 Å². The van der Waals surface area contributed by atoms with Gasteiger partial charge >= 0.3 is 0 Å². The lowest BCUT2D eigenvalue weighted by Crippen LogP contribution is -2.10. The molecule has 0 N–H and O–H groups in total. The van der Waals surface area contributed by atoms with Crippen LogP contribution in [-0.2, 0) is 5.41 Å². The Morgan fingerprint density at radius 3 is 1.82 bits per heavy atom. The van der Waals surface area contributed by atoms with E-state index in [9.17, 15) is 4.79 Å². The van der Waals surface area contributed by atoms with Crippen LogP contribution < -0.4 is 0 Å². The summed E-state index contributed by atoms with van der Waals surface area (Å²) in [6, 6.07) is 30.4. The first-order valence-corrected chi connectivity index (χ1v) is 9.67. The van der Waals surface area contributed by atoms with E-state index in [0.717, 1.165) is 33.4 Å². The lowest BCUT2D eigenvalue weighted by atomic mass is 9.86. The van der Waals surface area contributed by atoms with Crippen LogP contribution in [0.4, 0.5) is 0 Å². The Balaban J connectivity index is 1.85. The van der Waals surface area contributed by atoms with Crippen LogP contribution in [0.2, 0.25) is 0 Å². The highest BCUT2D eigenvalue weighted by Gasteiger charge is 2.22. The van der Waals surface area contributed by atoms with E-state index in [4.69, 9.17) is 0 Å². The van der Waals surface area contributed by atoms with E-state index in [1.807, 2.05) is 60.7 Å². The van der Waals surface area contributed by atoms with Crippen LogP contribution in [0.25, 0.3) is 22.3 Å². The molecule has 0 fully saturated rings. The molecular formula is C27H24O. The fourth-order valence-corrected chi connectivity index (χ4v) is 3.64. The van der Waals surface area contributed by atoms with E-state index in [2.05, 4.69) is 51.1 Å². The predicted octanol–water partition coefficient (Wildman–Crippen LogP) is 6.99. The first-order chi connectivity index (χ1) is 13.4. The molecule has 28 heavy (non-hydrogen) atoms. The highest BCUT2D eigenvalue weighted by Crippen LogP contribution is 2.40. The summed E-state index contributed by atoms with van der Waals surface area (Å²) in [5, 5.41) is 0. The molecule has 2 aliphatic carbocycles. The Kier molecular flexibility index (Phi) is 4.60. The number of ketones is 1. The van der Waals surface area contributed by atoms with Gasteiger partial charge in [-0.1, -0.05) is 106 Å². The van der Waals surface area contributed by atoms with Gasteiger partial charge in [0.25, 0.3) is 0 Å². The quantitative estimate of drug-likeness (QED) is 0.358. The van der Waals surface area contributed by atoms with Crippen LogP contribution >= 0.6 is 0 Å². The van der Waals surface area contributed by atoms with Gasteiger partial charge in [-0.2, -0.15) is 0 Å². The van der Waals surface area contributed by atoms with Gasteiger partial charge < -0.3 is 0 Å². The zero-order chi connectivity index (χ0) is 19.7. The molecule has 1 heteroatoms. The first-order valence-electron chi connectivity index (χ1n) is 9.67. The van der Waals surface area contributed by atoms with Gasteiger partial charge in [0.05, 0.1) is 0 Å². The van der Waals surface area contributed by atoms with Gasteiger partial charge in [-0.15, -0.1) is 0 Å². The molecule has 0 amide bonds. The standard InChI is InChI=1S/C27H24O/c1-27(2,3)21-16-14-19(15-17-21)24-18-25(23-13-9-5-8-12-22(23)24)26(28)20-10-6-4-7-11-20/h4-18H,1-3H3. The van der Waals surface area contributed by atoms with Gasteiger partial charge in [0.2, 0.25) is 0 Å². The summed E-state index contributed by atoms with van der Waals surface area (Å²) >= 11 is 0. The lowest BCUT2D eigenvalue weighted by molar-refractivity contribution is 0.103. The molecule has 1 nitrogen and oxygen atoms in total. The van der Waals surface area contributed by atoms with Crippen LogP contribution in [0.3, 0.4) is 0 Å². The fraction of sp³-hybridized carbons (Fsp3) is 0.148. The largest absolute Gasteiger partial charge is 0.289 e. The molecule has 0 unspecified atom stereocenters. The topological polar surface area (TPSA) is 17.1 Å².